The first kappa shape index (κ1) is 12.0. The lowest BCUT2D eigenvalue weighted by Gasteiger charge is -2.29. The van der Waals surface area contributed by atoms with Gasteiger partial charge in [-0.3, -0.25) is 0 Å². The van der Waals surface area contributed by atoms with Crippen LogP contribution in [0.3, 0.4) is 0 Å². The molecule has 1 aliphatic heterocycles. The van der Waals surface area contributed by atoms with E-state index in [1.54, 1.807) is 0 Å². The van der Waals surface area contributed by atoms with Crippen LogP contribution in [0.5, 0.6) is 0 Å². The maximum absolute atomic E-state index is 3.46. The molecule has 1 atom stereocenters. The van der Waals surface area contributed by atoms with E-state index in [0.717, 1.165) is 0 Å². The predicted octanol–water partition coefficient (Wildman–Crippen LogP) is 2.11. The molecule has 0 aromatic carbocycles. The van der Waals surface area contributed by atoms with E-state index in [2.05, 4.69) is 31.1 Å². The van der Waals surface area contributed by atoms with Crippen LogP contribution in [0.15, 0.2) is 0 Å². The van der Waals surface area contributed by atoms with Crippen molar-refractivity contribution in [1.29, 1.82) is 0 Å². The summed E-state index contributed by atoms with van der Waals surface area (Å²) in [6.07, 6.45) is 5.40. The minimum Gasteiger partial charge on any atom is -0.316 e. The third-order valence-corrected chi connectivity index (χ3v) is 3.25. The maximum atomic E-state index is 3.46. The Balaban J connectivity index is 2.15. The fourth-order valence-corrected chi connectivity index (χ4v) is 2.37. The fraction of sp³-hybridized carbons (Fsp3) is 1.00. The van der Waals surface area contributed by atoms with Gasteiger partial charge in [0, 0.05) is 13.1 Å². The van der Waals surface area contributed by atoms with Crippen molar-refractivity contribution < 1.29 is 0 Å². The Morgan fingerprint density at radius 2 is 2.14 bits per heavy atom. The van der Waals surface area contributed by atoms with Crippen molar-refractivity contribution in [3.05, 3.63) is 0 Å². The zero-order valence-electron chi connectivity index (χ0n) is 10.1. The molecule has 0 spiro atoms. The van der Waals surface area contributed by atoms with Gasteiger partial charge in [-0.25, -0.2) is 0 Å². The highest BCUT2D eigenvalue weighted by Crippen LogP contribution is 2.25. The normalized spacial score (nSPS) is 27.4. The Morgan fingerprint density at radius 3 is 2.71 bits per heavy atom. The molecule has 84 valence electrons. The molecule has 0 radical (unpaired) electrons. The van der Waals surface area contributed by atoms with Crippen LogP contribution in [0.2, 0.25) is 0 Å². The van der Waals surface area contributed by atoms with Gasteiger partial charge in [0.15, 0.2) is 0 Å². The second-order valence-electron chi connectivity index (χ2n) is 5.18. The first-order chi connectivity index (χ1) is 6.66. The van der Waals surface area contributed by atoms with E-state index in [1.807, 2.05) is 0 Å². The third kappa shape index (κ3) is 3.97. The molecular formula is C12H26N2. The van der Waals surface area contributed by atoms with Crippen molar-refractivity contribution >= 4 is 0 Å². The monoisotopic (exact) mass is 198 g/mol. The zero-order valence-corrected chi connectivity index (χ0v) is 10.1. The molecule has 1 unspecified atom stereocenters. The van der Waals surface area contributed by atoms with Gasteiger partial charge >= 0.3 is 0 Å². The molecule has 2 heteroatoms. The number of rotatable bonds is 6. The topological polar surface area (TPSA) is 15.3 Å². The van der Waals surface area contributed by atoms with Crippen molar-refractivity contribution in [3.8, 4) is 0 Å². The number of hydrogen-bond donors (Lipinski definition) is 1. The van der Waals surface area contributed by atoms with E-state index < -0.39 is 0 Å². The highest BCUT2D eigenvalue weighted by molar-refractivity contribution is 4.85. The van der Waals surface area contributed by atoms with Crippen LogP contribution < -0.4 is 5.32 Å². The first-order valence-corrected chi connectivity index (χ1v) is 6.05. The second kappa shape index (κ2) is 5.72. The van der Waals surface area contributed by atoms with Crippen molar-refractivity contribution in [1.82, 2.24) is 10.2 Å². The van der Waals surface area contributed by atoms with Gasteiger partial charge in [0.1, 0.15) is 0 Å². The summed E-state index contributed by atoms with van der Waals surface area (Å²) < 4.78 is 0. The van der Waals surface area contributed by atoms with Crippen LogP contribution >= 0.6 is 0 Å². The Labute approximate surface area is 89.1 Å². The van der Waals surface area contributed by atoms with Gasteiger partial charge in [0.05, 0.1) is 0 Å². The van der Waals surface area contributed by atoms with Gasteiger partial charge in [-0.05, 0) is 38.4 Å². The van der Waals surface area contributed by atoms with E-state index in [4.69, 9.17) is 0 Å². The van der Waals surface area contributed by atoms with Crippen LogP contribution in [0.25, 0.3) is 0 Å². The number of unbranched alkanes of at least 4 members (excludes halogenated alkanes) is 2. The largest absolute Gasteiger partial charge is 0.316 e. The Bertz CT molecular complexity index is 150. The van der Waals surface area contributed by atoms with E-state index in [-0.39, 0.29) is 0 Å². The van der Waals surface area contributed by atoms with E-state index in [0.29, 0.717) is 5.41 Å². The van der Waals surface area contributed by atoms with Crippen LogP contribution in [-0.2, 0) is 0 Å². The summed E-state index contributed by atoms with van der Waals surface area (Å²) >= 11 is 0. The van der Waals surface area contributed by atoms with Crippen LogP contribution in [0.1, 0.15) is 39.5 Å². The smallest absolute Gasteiger partial charge is 0.00449 e. The van der Waals surface area contributed by atoms with Gasteiger partial charge in [0.25, 0.3) is 0 Å². The second-order valence-corrected chi connectivity index (χ2v) is 5.18. The average molecular weight is 198 g/mol. The summed E-state index contributed by atoms with van der Waals surface area (Å²) in [5.74, 6) is 0. The molecule has 0 saturated carbocycles. The lowest BCUT2D eigenvalue weighted by atomic mass is 9.89. The number of hydrogen-bond acceptors (Lipinski definition) is 2. The SMILES string of the molecule is CCCCCN(C)CC1(C)CCNC1. The van der Waals surface area contributed by atoms with Crippen LogP contribution in [-0.4, -0.2) is 38.1 Å². The molecule has 0 bridgehead atoms. The Morgan fingerprint density at radius 1 is 1.36 bits per heavy atom. The van der Waals surface area contributed by atoms with Gasteiger partial charge < -0.3 is 10.2 Å². The molecule has 1 rings (SSSR count). The molecule has 1 heterocycles. The molecule has 2 nitrogen and oxygen atoms in total. The van der Waals surface area contributed by atoms with Crippen LogP contribution in [0.4, 0.5) is 0 Å². The van der Waals surface area contributed by atoms with Crippen LogP contribution in [0, 0.1) is 5.41 Å². The predicted molar refractivity (Wildman–Crippen MR) is 62.6 cm³/mol. The molecule has 0 aromatic heterocycles. The van der Waals surface area contributed by atoms with Gasteiger partial charge in [-0.2, -0.15) is 0 Å². The molecule has 1 fully saturated rings. The fourth-order valence-electron chi connectivity index (χ4n) is 2.37. The number of nitrogens with one attached hydrogen (secondary N) is 1. The lowest BCUT2D eigenvalue weighted by molar-refractivity contribution is 0.206. The molecule has 0 amide bonds. The van der Waals surface area contributed by atoms with Crippen molar-refractivity contribution in [3.63, 3.8) is 0 Å². The molecule has 0 aliphatic carbocycles. The maximum Gasteiger partial charge on any atom is 0.00449 e. The molecule has 1 aliphatic rings. The molecule has 1 saturated heterocycles. The van der Waals surface area contributed by atoms with E-state index in [9.17, 15) is 0 Å². The summed E-state index contributed by atoms with van der Waals surface area (Å²) in [7, 11) is 2.26. The minimum atomic E-state index is 0.529. The van der Waals surface area contributed by atoms with Crippen molar-refractivity contribution in [2.45, 2.75) is 39.5 Å². The first-order valence-electron chi connectivity index (χ1n) is 6.05. The van der Waals surface area contributed by atoms with Gasteiger partial charge in [-0.1, -0.05) is 26.7 Å². The van der Waals surface area contributed by atoms with E-state index >= 15 is 0 Å². The summed E-state index contributed by atoms with van der Waals surface area (Å²) in [5.41, 5.74) is 0.529. The summed E-state index contributed by atoms with van der Waals surface area (Å²) in [4.78, 5) is 2.50. The molecule has 0 aromatic rings. The zero-order chi connectivity index (χ0) is 10.4. The standard InChI is InChI=1S/C12H26N2/c1-4-5-6-9-14(3)11-12(2)7-8-13-10-12/h13H,4-11H2,1-3H3. The quantitative estimate of drug-likeness (QED) is 0.658. The minimum absolute atomic E-state index is 0.529. The van der Waals surface area contributed by atoms with Crippen molar-refractivity contribution in [2.75, 3.05) is 33.2 Å². The Kier molecular flexibility index (Phi) is 4.90. The summed E-state index contributed by atoms with van der Waals surface area (Å²) in [6.45, 7) is 9.60. The highest BCUT2D eigenvalue weighted by atomic mass is 15.1. The highest BCUT2D eigenvalue weighted by Gasteiger charge is 2.29. The molecule has 1 N–H and O–H groups in total. The lowest BCUT2D eigenvalue weighted by Crippen LogP contribution is -2.35. The average Bonchev–Trinajstić information content (AvgIpc) is 2.52. The third-order valence-electron chi connectivity index (χ3n) is 3.25. The van der Waals surface area contributed by atoms with Gasteiger partial charge in [0.2, 0.25) is 0 Å². The Hall–Kier alpha value is -0.0800. The van der Waals surface area contributed by atoms with Crippen molar-refractivity contribution in [2.24, 2.45) is 5.41 Å². The van der Waals surface area contributed by atoms with E-state index in [1.165, 1.54) is 51.9 Å². The summed E-state index contributed by atoms with van der Waals surface area (Å²) in [6, 6.07) is 0. The van der Waals surface area contributed by atoms with Gasteiger partial charge in [-0.15, -0.1) is 0 Å². The molecule has 14 heavy (non-hydrogen) atoms. The molecular weight excluding hydrogens is 172 g/mol. The summed E-state index contributed by atoms with van der Waals surface area (Å²) in [5, 5.41) is 3.46. The number of nitrogens with zero attached hydrogens (tertiary/aromatic N) is 1.